The van der Waals surface area contributed by atoms with Crippen LogP contribution >= 0.6 is 0 Å². The Hall–Kier alpha value is -1.40. The maximum Gasteiger partial charge on any atom is 0.243 e. The minimum Gasteiger partial charge on any atom is -0.356 e. The van der Waals surface area contributed by atoms with Gasteiger partial charge in [0, 0.05) is 25.6 Å². The number of nitrogens with one attached hydrogen (secondary N) is 1. The van der Waals surface area contributed by atoms with Crippen molar-refractivity contribution < 1.29 is 13.2 Å². The highest BCUT2D eigenvalue weighted by Gasteiger charge is 2.39. The number of hydrogen-bond acceptors (Lipinski definition) is 3. The quantitative estimate of drug-likeness (QED) is 0.892. The van der Waals surface area contributed by atoms with Gasteiger partial charge in [0.2, 0.25) is 15.9 Å². The van der Waals surface area contributed by atoms with E-state index < -0.39 is 10.0 Å². The van der Waals surface area contributed by atoms with E-state index in [1.165, 1.54) is 0 Å². The topological polar surface area (TPSA) is 66.5 Å². The number of rotatable bonds is 5. The van der Waals surface area contributed by atoms with E-state index in [1.54, 1.807) is 28.6 Å². The van der Waals surface area contributed by atoms with E-state index in [0.717, 1.165) is 19.3 Å². The van der Waals surface area contributed by atoms with Crippen LogP contribution in [0.2, 0.25) is 0 Å². The van der Waals surface area contributed by atoms with E-state index in [2.05, 4.69) is 12.2 Å². The molecule has 1 saturated carbocycles. The third kappa shape index (κ3) is 3.75. The number of benzene rings is 1. The van der Waals surface area contributed by atoms with Gasteiger partial charge in [0.1, 0.15) is 0 Å². The lowest BCUT2D eigenvalue weighted by Gasteiger charge is -2.31. The Morgan fingerprint density at radius 2 is 1.83 bits per heavy atom. The van der Waals surface area contributed by atoms with Gasteiger partial charge in [-0.05, 0) is 43.2 Å². The highest BCUT2D eigenvalue weighted by molar-refractivity contribution is 7.89. The zero-order chi connectivity index (χ0) is 16.4. The molecule has 1 amide bonds. The molecule has 23 heavy (non-hydrogen) atoms. The Morgan fingerprint density at radius 1 is 1.22 bits per heavy atom. The molecule has 1 heterocycles. The van der Waals surface area contributed by atoms with E-state index in [-0.39, 0.29) is 11.8 Å². The van der Waals surface area contributed by atoms with E-state index in [0.29, 0.717) is 36.4 Å². The van der Waals surface area contributed by atoms with Crippen LogP contribution in [0.4, 0.5) is 0 Å². The van der Waals surface area contributed by atoms with Gasteiger partial charge in [-0.1, -0.05) is 25.1 Å². The molecule has 126 valence electrons. The number of carbonyl (C=O) groups is 1. The number of sulfonamides is 1. The Bertz CT molecular complexity index is 652. The summed E-state index contributed by atoms with van der Waals surface area (Å²) >= 11 is 0. The van der Waals surface area contributed by atoms with Crippen molar-refractivity contribution in [1.29, 1.82) is 0 Å². The van der Waals surface area contributed by atoms with Crippen LogP contribution in [0.5, 0.6) is 0 Å². The molecule has 0 unspecified atom stereocenters. The first kappa shape index (κ1) is 16.5. The number of amides is 1. The monoisotopic (exact) mass is 336 g/mol. The van der Waals surface area contributed by atoms with Crippen molar-refractivity contribution in [2.24, 2.45) is 17.8 Å². The summed E-state index contributed by atoms with van der Waals surface area (Å²) in [6.07, 6.45) is 2.60. The van der Waals surface area contributed by atoms with Crippen LogP contribution in [0.1, 0.15) is 26.2 Å². The van der Waals surface area contributed by atoms with Gasteiger partial charge in [0.05, 0.1) is 4.90 Å². The average Bonchev–Trinajstić information content (AvgIpc) is 3.31. The molecule has 2 atom stereocenters. The minimum absolute atomic E-state index is 0.164. The standard InChI is InChI=1S/C17H24N2O3S/c1-13-11-16(13)17(20)18-12-14-7-9-19(10-8-14)23(21,22)15-5-3-2-4-6-15/h2-6,13-14,16H,7-12H2,1H3,(H,18,20)/t13-,16-/m0/s1. The first-order valence-electron chi connectivity index (χ1n) is 8.31. The van der Waals surface area contributed by atoms with Crippen LogP contribution in [0.15, 0.2) is 35.2 Å². The van der Waals surface area contributed by atoms with Gasteiger partial charge < -0.3 is 5.32 Å². The predicted molar refractivity (Wildman–Crippen MR) is 88.2 cm³/mol. The molecule has 0 bridgehead atoms. The molecule has 3 rings (SSSR count). The lowest BCUT2D eigenvalue weighted by atomic mass is 9.98. The molecular weight excluding hydrogens is 312 g/mol. The normalized spacial score (nSPS) is 26.0. The van der Waals surface area contributed by atoms with Crippen molar-refractivity contribution in [2.45, 2.75) is 31.1 Å². The molecule has 0 spiro atoms. The summed E-state index contributed by atoms with van der Waals surface area (Å²) in [4.78, 5) is 12.2. The predicted octanol–water partition coefficient (Wildman–Crippen LogP) is 1.86. The second kappa shape index (κ2) is 6.61. The highest BCUT2D eigenvalue weighted by Crippen LogP contribution is 2.37. The number of nitrogens with zero attached hydrogens (tertiary/aromatic N) is 1. The number of hydrogen-bond donors (Lipinski definition) is 1. The Kier molecular flexibility index (Phi) is 4.73. The third-order valence-corrected chi connectivity index (χ3v) is 6.88. The molecule has 1 aliphatic carbocycles. The molecular formula is C17H24N2O3S. The average molecular weight is 336 g/mol. The molecule has 1 saturated heterocycles. The van der Waals surface area contributed by atoms with Gasteiger partial charge >= 0.3 is 0 Å². The molecule has 1 aliphatic heterocycles. The summed E-state index contributed by atoms with van der Waals surface area (Å²) in [7, 11) is -3.38. The molecule has 2 fully saturated rings. The van der Waals surface area contributed by atoms with E-state index in [4.69, 9.17) is 0 Å². The maximum atomic E-state index is 12.5. The van der Waals surface area contributed by atoms with Gasteiger partial charge in [-0.15, -0.1) is 0 Å². The summed E-state index contributed by atoms with van der Waals surface area (Å²) in [6, 6.07) is 8.58. The highest BCUT2D eigenvalue weighted by atomic mass is 32.2. The summed E-state index contributed by atoms with van der Waals surface area (Å²) in [5.41, 5.74) is 0. The lowest BCUT2D eigenvalue weighted by molar-refractivity contribution is -0.122. The smallest absolute Gasteiger partial charge is 0.243 e. The van der Waals surface area contributed by atoms with Crippen LogP contribution in [-0.2, 0) is 14.8 Å². The van der Waals surface area contributed by atoms with Crippen molar-refractivity contribution in [3.63, 3.8) is 0 Å². The zero-order valence-corrected chi connectivity index (χ0v) is 14.3. The van der Waals surface area contributed by atoms with Gasteiger partial charge in [-0.25, -0.2) is 8.42 Å². The largest absolute Gasteiger partial charge is 0.356 e. The Balaban J connectivity index is 1.49. The van der Waals surface area contributed by atoms with Gasteiger partial charge in [-0.2, -0.15) is 4.31 Å². The van der Waals surface area contributed by atoms with Crippen LogP contribution in [0.25, 0.3) is 0 Å². The lowest BCUT2D eigenvalue weighted by Crippen LogP contribution is -2.41. The first-order valence-corrected chi connectivity index (χ1v) is 9.75. The van der Waals surface area contributed by atoms with E-state index in [9.17, 15) is 13.2 Å². The molecule has 1 N–H and O–H groups in total. The third-order valence-electron chi connectivity index (χ3n) is 4.97. The van der Waals surface area contributed by atoms with Crippen LogP contribution < -0.4 is 5.32 Å². The van der Waals surface area contributed by atoms with Crippen LogP contribution in [-0.4, -0.2) is 38.3 Å². The molecule has 1 aromatic carbocycles. The second-order valence-corrected chi connectivity index (χ2v) is 8.66. The summed E-state index contributed by atoms with van der Waals surface area (Å²) in [6.45, 7) is 3.81. The minimum atomic E-state index is -3.38. The molecule has 0 radical (unpaired) electrons. The molecule has 2 aliphatic rings. The molecule has 0 aromatic heterocycles. The van der Waals surface area contributed by atoms with E-state index in [1.807, 2.05) is 6.07 Å². The molecule has 5 nitrogen and oxygen atoms in total. The number of piperidine rings is 1. The van der Waals surface area contributed by atoms with Crippen molar-refractivity contribution in [1.82, 2.24) is 9.62 Å². The Morgan fingerprint density at radius 3 is 2.39 bits per heavy atom. The molecule has 6 heteroatoms. The second-order valence-electron chi connectivity index (χ2n) is 6.73. The van der Waals surface area contributed by atoms with Gasteiger partial charge in [0.25, 0.3) is 0 Å². The fourth-order valence-corrected chi connectivity index (χ4v) is 4.65. The maximum absolute atomic E-state index is 12.5. The Labute approximate surface area is 138 Å². The number of carbonyl (C=O) groups excluding carboxylic acids is 1. The summed E-state index contributed by atoms with van der Waals surface area (Å²) in [5, 5.41) is 3.02. The van der Waals surface area contributed by atoms with Crippen molar-refractivity contribution in [3.8, 4) is 0 Å². The fraction of sp³-hybridized carbons (Fsp3) is 0.588. The van der Waals surface area contributed by atoms with Gasteiger partial charge in [-0.3, -0.25) is 4.79 Å². The summed E-state index contributed by atoms with van der Waals surface area (Å²) < 4.78 is 26.7. The van der Waals surface area contributed by atoms with Gasteiger partial charge in [0.15, 0.2) is 0 Å². The van der Waals surface area contributed by atoms with Crippen molar-refractivity contribution in [2.75, 3.05) is 19.6 Å². The van der Waals surface area contributed by atoms with Crippen molar-refractivity contribution in [3.05, 3.63) is 30.3 Å². The summed E-state index contributed by atoms with van der Waals surface area (Å²) in [5.74, 6) is 1.26. The fourth-order valence-electron chi connectivity index (χ4n) is 3.16. The zero-order valence-electron chi connectivity index (χ0n) is 13.4. The van der Waals surface area contributed by atoms with E-state index >= 15 is 0 Å². The molecule has 1 aromatic rings. The van der Waals surface area contributed by atoms with Crippen LogP contribution in [0.3, 0.4) is 0 Å². The first-order chi connectivity index (χ1) is 11.0. The SMILES string of the molecule is C[C@H]1C[C@@H]1C(=O)NCC1CCN(S(=O)(=O)c2ccccc2)CC1. The van der Waals surface area contributed by atoms with Crippen molar-refractivity contribution >= 4 is 15.9 Å². The van der Waals surface area contributed by atoms with Crippen LogP contribution in [0, 0.1) is 17.8 Å².